The number of hydrogen-bond donors (Lipinski definition) is 0. The largest absolute Gasteiger partial charge is 0.469 e. The first-order chi connectivity index (χ1) is 15.6. The van der Waals surface area contributed by atoms with E-state index in [1.807, 2.05) is 54.6 Å². The Balaban J connectivity index is 2.40. The predicted octanol–water partition coefficient (Wildman–Crippen LogP) is 7.30. The van der Waals surface area contributed by atoms with Crippen LogP contribution in [0, 0.1) is 0 Å². The van der Waals surface area contributed by atoms with Gasteiger partial charge in [-0.15, -0.1) is 0 Å². The molecule has 0 aliphatic heterocycles. The second-order valence-electron chi connectivity index (χ2n) is 10.1. The summed E-state index contributed by atoms with van der Waals surface area (Å²) in [5, 5.41) is -0.0195. The molecule has 3 aromatic carbocycles. The van der Waals surface area contributed by atoms with Gasteiger partial charge >= 0.3 is 5.97 Å². The summed E-state index contributed by atoms with van der Waals surface area (Å²) in [5.41, 5.74) is 2.27. The normalized spacial score (nSPS) is 13.4. The van der Waals surface area contributed by atoms with E-state index in [9.17, 15) is 4.79 Å². The van der Waals surface area contributed by atoms with Gasteiger partial charge in [-0.2, -0.15) is 0 Å². The molecule has 4 heteroatoms. The molecule has 0 amide bonds. The lowest BCUT2D eigenvalue weighted by molar-refractivity contribution is -0.142. The summed E-state index contributed by atoms with van der Waals surface area (Å²) in [4.78, 5) is 12.8. The molecule has 0 radical (unpaired) electrons. The van der Waals surface area contributed by atoms with Crippen LogP contribution in [0.1, 0.15) is 49.8 Å². The van der Waals surface area contributed by atoms with Crippen molar-refractivity contribution in [2.75, 3.05) is 7.11 Å². The standard InChI is InChI=1S/C29H36O3Si/c1-28(2,3)33(5,6)32-29(24-18-12-8-13-19-24,25-20-14-9-15-21-25)26(22-27(30)31-4)23-16-10-7-11-17-23/h7-21,26H,22H2,1-6H3. The zero-order chi connectivity index (χ0) is 24.1. The van der Waals surface area contributed by atoms with Crippen molar-refractivity contribution in [2.24, 2.45) is 0 Å². The Morgan fingerprint density at radius 3 is 1.61 bits per heavy atom. The molecule has 0 aliphatic rings. The molecule has 0 saturated heterocycles. The molecule has 1 unspecified atom stereocenters. The Kier molecular flexibility index (Phi) is 7.61. The van der Waals surface area contributed by atoms with Crippen LogP contribution in [0.4, 0.5) is 0 Å². The smallest absolute Gasteiger partial charge is 0.306 e. The SMILES string of the molecule is COC(=O)CC(c1ccccc1)C(O[Si](C)(C)C(C)(C)C)(c1ccccc1)c1ccccc1. The number of methoxy groups -OCH3 is 1. The minimum atomic E-state index is -2.31. The third-order valence-corrected chi connectivity index (χ3v) is 11.4. The number of carbonyl (C=O) groups excluding carboxylic acids is 1. The van der Waals surface area contributed by atoms with E-state index in [0.717, 1.165) is 16.7 Å². The van der Waals surface area contributed by atoms with Crippen molar-refractivity contribution in [1.82, 2.24) is 0 Å². The lowest BCUT2D eigenvalue weighted by Gasteiger charge is -2.50. The van der Waals surface area contributed by atoms with Crippen molar-refractivity contribution in [3.05, 3.63) is 108 Å². The second kappa shape index (κ2) is 10.1. The van der Waals surface area contributed by atoms with Crippen molar-refractivity contribution in [1.29, 1.82) is 0 Å². The highest BCUT2D eigenvalue weighted by Crippen LogP contribution is 2.52. The maximum absolute atomic E-state index is 12.8. The lowest BCUT2D eigenvalue weighted by atomic mass is 9.71. The molecule has 0 aromatic heterocycles. The summed E-state index contributed by atoms with van der Waals surface area (Å²) in [5.74, 6) is -0.524. The first-order valence-corrected chi connectivity index (χ1v) is 14.5. The topological polar surface area (TPSA) is 35.5 Å². The van der Waals surface area contributed by atoms with Crippen molar-refractivity contribution >= 4 is 14.3 Å². The molecule has 0 bridgehead atoms. The molecule has 0 N–H and O–H groups in total. The minimum absolute atomic E-state index is 0.0195. The average molecular weight is 461 g/mol. The first kappa shape index (κ1) is 24.9. The van der Waals surface area contributed by atoms with Gasteiger partial charge in [0.15, 0.2) is 8.32 Å². The fraction of sp³-hybridized carbons (Fsp3) is 0.345. The average Bonchev–Trinajstić information content (AvgIpc) is 2.82. The number of esters is 1. The van der Waals surface area contributed by atoms with E-state index in [-0.39, 0.29) is 23.3 Å². The molecule has 3 nitrogen and oxygen atoms in total. The van der Waals surface area contributed by atoms with Gasteiger partial charge in [0.2, 0.25) is 0 Å². The molecule has 33 heavy (non-hydrogen) atoms. The summed E-state index contributed by atoms with van der Waals surface area (Å²) in [6.45, 7) is 11.3. The highest BCUT2D eigenvalue weighted by Gasteiger charge is 2.51. The Bertz CT molecular complexity index is 985. The van der Waals surface area contributed by atoms with Crippen LogP contribution in [-0.4, -0.2) is 21.4 Å². The van der Waals surface area contributed by atoms with Gasteiger partial charge in [0, 0.05) is 5.92 Å². The van der Waals surface area contributed by atoms with Crippen LogP contribution in [0.25, 0.3) is 0 Å². The highest BCUT2D eigenvalue weighted by atomic mass is 28.4. The molecule has 0 heterocycles. The van der Waals surface area contributed by atoms with Gasteiger partial charge in [0.05, 0.1) is 13.5 Å². The van der Waals surface area contributed by atoms with Gasteiger partial charge in [-0.1, -0.05) is 112 Å². The fourth-order valence-electron chi connectivity index (χ4n) is 4.12. The van der Waals surface area contributed by atoms with Crippen molar-refractivity contribution in [3.8, 4) is 0 Å². The third-order valence-electron chi connectivity index (χ3n) is 6.92. The molecule has 174 valence electrons. The zero-order valence-electron chi connectivity index (χ0n) is 20.7. The maximum Gasteiger partial charge on any atom is 0.306 e. The number of hydrogen-bond acceptors (Lipinski definition) is 3. The Morgan fingerprint density at radius 2 is 1.21 bits per heavy atom. The quantitative estimate of drug-likeness (QED) is 0.261. The monoisotopic (exact) mass is 460 g/mol. The van der Waals surface area contributed by atoms with Crippen molar-refractivity contribution < 1.29 is 14.0 Å². The van der Waals surface area contributed by atoms with E-state index >= 15 is 0 Å². The minimum Gasteiger partial charge on any atom is -0.469 e. The maximum atomic E-state index is 12.8. The number of ether oxygens (including phenoxy) is 1. The van der Waals surface area contributed by atoms with E-state index in [4.69, 9.17) is 9.16 Å². The van der Waals surface area contributed by atoms with Crippen LogP contribution in [0.5, 0.6) is 0 Å². The van der Waals surface area contributed by atoms with Crippen molar-refractivity contribution in [2.45, 2.75) is 56.8 Å². The van der Waals surface area contributed by atoms with Crippen LogP contribution in [0.15, 0.2) is 91.0 Å². The molecule has 0 saturated carbocycles. The van der Waals surface area contributed by atoms with Gasteiger partial charge in [0.25, 0.3) is 0 Å². The van der Waals surface area contributed by atoms with Crippen LogP contribution in [0.3, 0.4) is 0 Å². The Hall–Kier alpha value is -2.69. The summed E-state index contributed by atoms with van der Waals surface area (Å²) >= 11 is 0. The van der Waals surface area contributed by atoms with E-state index in [1.54, 1.807) is 0 Å². The summed E-state index contributed by atoms with van der Waals surface area (Å²) in [6.07, 6.45) is 0.207. The van der Waals surface area contributed by atoms with Crippen LogP contribution in [-0.2, 0) is 19.6 Å². The summed E-state index contributed by atoms with van der Waals surface area (Å²) in [6, 6.07) is 30.9. The highest BCUT2D eigenvalue weighted by molar-refractivity contribution is 6.74. The first-order valence-electron chi connectivity index (χ1n) is 11.5. The second-order valence-corrected chi connectivity index (χ2v) is 14.8. The Morgan fingerprint density at radius 1 is 0.788 bits per heavy atom. The molecule has 0 aliphatic carbocycles. The zero-order valence-corrected chi connectivity index (χ0v) is 21.7. The van der Waals surface area contributed by atoms with Gasteiger partial charge in [-0.3, -0.25) is 4.79 Å². The number of carbonyl (C=O) groups is 1. The van der Waals surface area contributed by atoms with E-state index in [1.165, 1.54) is 7.11 Å². The fourth-order valence-corrected chi connectivity index (χ4v) is 5.61. The van der Waals surface area contributed by atoms with Gasteiger partial charge in [0.1, 0.15) is 5.60 Å². The summed E-state index contributed by atoms with van der Waals surface area (Å²) in [7, 11) is -0.865. The number of benzene rings is 3. The molecule has 0 spiro atoms. The van der Waals surface area contributed by atoms with E-state index in [2.05, 4.69) is 70.3 Å². The molecular formula is C29H36O3Si. The van der Waals surface area contributed by atoms with Crippen LogP contribution in [0.2, 0.25) is 18.1 Å². The lowest BCUT2D eigenvalue weighted by Crippen LogP contribution is -2.51. The third kappa shape index (κ3) is 5.28. The van der Waals surface area contributed by atoms with Crippen LogP contribution < -0.4 is 0 Å². The van der Waals surface area contributed by atoms with Gasteiger partial charge in [-0.05, 0) is 34.8 Å². The predicted molar refractivity (Wildman–Crippen MR) is 138 cm³/mol. The molecule has 0 fully saturated rings. The summed E-state index contributed by atoms with van der Waals surface area (Å²) < 4.78 is 12.6. The number of rotatable bonds is 8. The van der Waals surface area contributed by atoms with Crippen LogP contribution >= 0.6 is 0 Å². The molecule has 3 aromatic rings. The molecule has 1 atom stereocenters. The van der Waals surface area contributed by atoms with E-state index < -0.39 is 13.9 Å². The van der Waals surface area contributed by atoms with E-state index in [0.29, 0.717) is 0 Å². The molecular weight excluding hydrogens is 424 g/mol. The van der Waals surface area contributed by atoms with Gasteiger partial charge < -0.3 is 9.16 Å². The van der Waals surface area contributed by atoms with Gasteiger partial charge in [-0.25, -0.2) is 0 Å². The molecule has 3 rings (SSSR count). The van der Waals surface area contributed by atoms with Crippen molar-refractivity contribution in [3.63, 3.8) is 0 Å². The Labute approximate surface area is 199 Å².